The van der Waals surface area contributed by atoms with Crippen LogP contribution in [0.2, 0.25) is 0 Å². The molecule has 0 fully saturated rings. The Balaban J connectivity index is 2.48. The van der Waals surface area contributed by atoms with Crippen LogP contribution in [0.3, 0.4) is 0 Å². The largest absolute Gasteiger partial charge is 0.326 e. The molecule has 0 aromatic heterocycles. The molecule has 2 aromatic rings. The van der Waals surface area contributed by atoms with E-state index in [2.05, 4.69) is 5.32 Å². The van der Waals surface area contributed by atoms with Crippen LogP contribution >= 0.6 is 0 Å². The minimum Gasteiger partial charge on any atom is -0.326 e. The second kappa shape index (κ2) is 7.52. The summed E-state index contributed by atoms with van der Waals surface area (Å²) in [5.41, 5.74) is 0.869. The highest BCUT2D eigenvalue weighted by Crippen LogP contribution is 2.32. The molecule has 0 spiro atoms. The Kier molecular flexibility index (Phi) is 5.61. The van der Waals surface area contributed by atoms with Crippen LogP contribution in [-0.4, -0.2) is 25.8 Å². The van der Waals surface area contributed by atoms with E-state index < -0.39 is 14.9 Å². The van der Waals surface area contributed by atoms with Crippen LogP contribution in [0, 0.1) is 17.0 Å². The van der Waals surface area contributed by atoms with Crippen LogP contribution in [0.25, 0.3) is 0 Å². The van der Waals surface area contributed by atoms with E-state index in [9.17, 15) is 23.3 Å². The molecule has 0 aliphatic heterocycles. The molecule has 8 nitrogen and oxygen atoms in total. The van der Waals surface area contributed by atoms with Crippen molar-refractivity contribution < 1.29 is 18.1 Å². The summed E-state index contributed by atoms with van der Waals surface area (Å²) in [4.78, 5) is 21.7. The lowest BCUT2D eigenvalue weighted by Gasteiger charge is -2.24. The predicted octanol–water partition coefficient (Wildman–Crippen LogP) is 3.08. The highest BCUT2D eigenvalue weighted by Gasteiger charge is 2.27. The summed E-state index contributed by atoms with van der Waals surface area (Å²) in [5, 5.41) is 13.7. The zero-order valence-electron chi connectivity index (χ0n) is 14.6. The predicted molar refractivity (Wildman–Crippen MR) is 98.8 cm³/mol. The van der Waals surface area contributed by atoms with E-state index in [0.29, 0.717) is 5.69 Å². The van der Waals surface area contributed by atoms with Crippen molar-refractivity contribution in [2.45, 2.75) is 25.7 Å². The third-order valence-electron chi connectivity index (χ3n) is 3.79. The van der Waals surface area contributed by atoms with Gasteiger partial charge in [-0.25, -0.2) is 8.42 Å². The van der Waals surface area contributed by atoms with Gasteiger partial charge in [-0.3, -0.25) is 19.2 Å². The fourth-order valence-electron chi connectivity index (χ4n) is 2.59. The first-order valence-corrected chi connectivity index (χ1v) is 9.27. The molecule has 0 aliphatic rings. The highest BCUT2D eigenvalue weighted by atomic mass is 32.2. The molecule has 0 heterocycles. The molecule has 2 rings (SSSR count). The first kappa shape index (κ1) is 19.4. The average Bonchev–Trinajstić information content (AvgIpc) is 2.56. The van der Waals surface area contributed by atoms with Crippen molar-refractivity contribution in [1.82, 2.24) is 0 Å². The Hall–Kier alpha value is -2.94. The number of benzene rings is 2. The van der Waals surface area contributed by atoms with Crippen molar-refractivity contribution >= 4 is 33.0 Å². The van der Waals surface area contributed by atoms with Gasteiger partial charge < -0.3 is 5.32 Å². The molecule has 0 radical (unpaired) electrons. The van der Waals surface area contributed by atoms with Crippen LogP contribution in [0.1, 0.15) is 19.4 Å². The smallest absolute Gasteiger partial charge is 0.274 e. The van der Waals surface area contributed by atoms with Gasteiger partial charge in [-0.15, -0.1) is 0 Å². The summed E-state index contributed by atoms with van der Waals surface area (Å²) < 4.78 is 27.1. The molecule has 0 aliphatic carbocycles. The summed E-state index contributed by atoms with van der Waals surface area (Å²) in [7, 11) is -3.92. The number of nitro benzene ring substituents is 1. The van der Waals surface area contributed by atoms with Gasteiger partial charge in [0.1, 0.15) is 0 Å². The van der Waals surface area contributed by atoms with Crippen molar-refractivity contribution in [2.75, 3.05) is 16.2 Å². The molecule has 0 atom stereocenters. The topological polar surface area (TPSA) is 110 Å². The van der Waals surface area contributed by atoms with Gasteiger partial charge in [-0.05, 0) is 44.2 Å². The monoisotopic (exact) mass is 377 g/mol. The molecule has 0 unspecified atom stereocenters. The lowest BCUT2D eigenvalue weighted by molar-refractivity contribution is -0.385. The van der Waals surface area contributed by atoms with Gasteiger partial charge in [-0.1, -0.05) is 6.07 Å². The number of nitrogens with zero attached hydrogens (tertiary/aromatic N) is 2. The van der Waals surface area contributed by atoms with Gasteiger partial charge in [0.25, 0.3) is 15.7 Å². The maximum Gasteiger partial charge on any atom is 0.274 e. The van der Waals surface area contributed by atoms with Crippen molar-refractivity contribution in [3.8, 4) is 0 Å². The maximum absolute atomic E-state index is 13.0. The molecule has 26 heavy (non-hydrogen) atoms. The Bertz CT molecular complexity index is 939. The molecule has 2 aromatic carbocycles. The number of amides is 1. The maximum atomic E-state index is 13.0. The molecule has 0 saturated heterocycles. The fourth-order valence-corrected chi connectivity index (χ4v) is 4.12. The Morgan fingerprint density at radius 1 is 1.19 bits per heavy atom. The summed E-state index contributed by atoms with van der Waals surface area (Å²) in [6.07, 6.45) is 0. The number of hydrogen-bond donors (Lipinski definition) is 1. The van der Waals surface area contributed by atoms with Crippen molar-refractivity contribution in [3.05, 3.63) is 58.1 Å². The van der Waals surface area contributed by atoms with E-state index in [0.717, 1.165) is 4.31 Å². The number of anilines is 2. The molecule has 1 amide bonds. The van der Waals surface area contributed by atoms with Gasteiger partial charge in [0.2, 0.25) is 5.91 Å². The number of nitro groups is 1. The summed E-state index contributed by atoms with van der Waals surface area (Å²) in [6, 6.07) is 10.1. The Morgan fingerprint density at radius 3 is 2.31 bits per heavy atom. The lowest BCUT2D eigenvalue weighted by atomic mass is 10.1. The SMILES string of the molecule is CCN(c1cccc([N+](=O)[O-])c1C)S(=O)(=O)c1ccc(NC(C)=O)cc1. The molecule has 0 saturated carbocycles. The summed E-state index contributed by atoms with van der Waals surface area (Å²) in [6.45, 7) is 4.64. The van der Waals surface area contributed by atoms with E-state index >= 15 is 0 Å². The second-order valence-electron chi connectivity index (χ2n) is 5.55. The van der Waals surface area contributed by atoms with Crippen molar-refractivity contribution in [3.63, 3.8) is 0 Å². The quantitative estimate of drug-likeness (QED) is 0.614. The van der Waals surface area contributed by atoms with Crippen LogP contribution < -0.4 is 9.62 Å². The van der Waals surface area contributed by atoms with Gasteiger partial charge in [0.15, 0.2) is 0 Å². The molecule has 1 N–H and O–H groups in total. The van der Waals surface area contributed by atoms with Gasteiger partial charge in [0.05, 0.1) is 21.1 Å². The normalized spacial score (nSPS) is 11.0. The van der Waals surface area contributed by atoms with Crippen LogP contribution in [-0.2, 0) is 14.8 Å². The average molecular weight is 377 g/mol. The van der Waals surface area contributed by atoms with E-state index in [1.54, 1.807) is 6.92 Å². The summed E-state index contributed by atoms with van der Waals surface area (Å²) in [5.74, 6) is -0.261. The minimum atomic E-state index is -3.92. The third kappa shape index (κ3) is 3.83. The van der Waals surface area contributed by atoms with Crippen LogP contribution in [0.15, 0.2) is 47.4 Å². The van der Waals surface area contributed by atoms with Crippen molar-refractivity contribution in [1.29, 1.82) is 0 Å². The Labute approximate surface area is 151 Å². The number of carbonyl (C=O) groups is 1. The second-order valence-corrected chi connectivity index (χ2v) is 7.42. The van der Waals surface area contributed by atoms with Gasteiger partial charge in [0, 0.05) is 25.2 Å². The molecule has 9 heteroatoms. The van der Waals surface area contributed by atoms with E-state index in [1.165, 1.54) is 56.3 Å². The first-order valence-electron chi connectivity index (χ1n) is 7.83. The molecular formula is C17H19N3O5S. The van der Waals surface area contributed by atoms with E-state index in [1.807, 2.05) is 0 Å². The standard InChI is InChI=1S/C17H19N3O5S/c1-4-19(16-6-5-7-17(12(16)2)20(22)23)26(24,25)15-10-8-14(9-11-15)18-13(3)21/h5-11H,4H2,1-3H3,(H,18,21). The van der Waals surface area contributed by atoms with Crippen LogP contribution in [0.5, 0.6) is 0 Å². The van der Waals surface area contributed by atoms with Gasteiger partial charge in [-0.2, -0.15) is 0 Å². The number of nitrogens with one attached hydrogen (secondary N) is 1. The van der Waals surface area contributed by atoms with Crippen LogP contribution in [0.4, 0.5) is 17.1 Å². The zero-order chi connectivity index (χ0) is 19.5. The Morgan fingerprint density at radius 2 is 1.81 bits per heavy atom. The fraction of sp³-hybridized carbons (Fsp3) is 0.235. The third-order valence-corrected chi connectivity index (χ3v) is 5.69. The first-order chi connectivity index (χ1) is 12.2. The van der Waals surface area contributed by atoms with E-state index in [-0.39, 0.29) is 34.3 Å². The number of carbonyl (C=O) groups excluding carboxylic acids is 1. The van der Waals surface area contributed by atoms with Crippen molar-refractivity contribution in [2.24, 2.45) is 0 Å². The van der Waals surface area contributed by atoms with E-state index in [4.69, 9.17) is 0 Å². The molecule has 0 bridgehead atoms. The number of hydrogen-bond acceptors (Lipinski definition) is 5. The number of rotatable bonds is 6. The lowest BCUT2D eigenvalue weighted by Crippen LogP contribution is -2.31. The highest BCUT2D eigenvalue weighted by molar-refractivity contribution is 7.92. The zero-order valence-corrected chi connectivity index (χ0v) is 15.4. The minimum absolute atomic E-state index is 0.0272. The summed E-state index contributed by atoms with van der Waals surface area (Å²) >= 11 is 0. The number of sulfonamides is 1. The molecular weight excluding hydrogens is 358 g/mol. The molecule has 138 valence electrons. The van der Waals surface area contributed by atoms with Gasteiger partial charge >= 0.3 is 0 Å².